The second-order valence-electron chi connectivity index (χ2n) is 5.07. The molecular formula is C13H16ClN4O. The van der Waals surface area contributed by atoms with Crippen molar-refractivity contribution >= 4 is 28.9 Å². The van der Waals surface area contributed by atoms with Crippen LogP contribution in [0.2, 0.25) is 5.28 Å². The van der Waals surface area contributed by atoms with Gasteiger partial charge in [0.1, 0.15) is 5.84 Å². The number of halogens is 1. The van der Waals surface area contributed by atoms with Crippen LogP contribution in [0.25, 0.3) is 0 Å². The van der Waals surface area contributed by atoms with E-state index in [2.05, 4.69) is 22.2 Å². The van der Waals surface area contributed by atoms with Gasteiger partial charge in [-0.3, -0.25) is 9.36 Å². The third kappa shape index (κ3) is 2.16. The van der Waals surface area contributed by atoms with Crippen LogP contribution in [-0.2, 0) is 6.54 Å². The number of aliphatic imine (C=N–C) groups is 1. The van der Waals surface area contributed by atoms with Crippen molar-refractivity contribution in [2.45, 2.75) is 45.6 Å². The molecule has 1 aromatic rings. The second-order valence-corrected chi connectivity index (χ2v) is 5.41. The van der Waals surface area contributed by atoms with Crippen molar-refractivity contribution in [3.63, 3.8) is 0 Å². The largest absolute Gasteiger partial charge is 0.302 e. The van der Waals surface area contributed by atoms with E-state index in [1.165, 1.54) is 12.8 Å². The summed E-state index contributed by atoms with van der Waals surface area (Å²) < 4.78 is 1.78. The van der Waals surface area contributed by atoms with Crippen molar-refractivity contribution < 1.29 is 0 Å². The van der Waals surface area contributed by atoms with Gasteiger partial charge in [0.25, 0.3) is 0 Å². The summed E-state index contributed by atoms with van der Waals surface area (Å²) in [6.07, 6.45) is 5.56. The molecule has 1 aromatic heterocycles. The molecule has 1 aliphatic heterocycles. The van der Waals surface area contributed by atoms with Gasteiger partial charge in [0.15, 0.2) is 11.5 Å². The highest BCUT2D eigenvalue weighted by Crippen LogP contribution is 2.35. The summed E-state index contributed by atoms with van der Waals surface area (Å²) in [6, 6.07) is 0. The van der Waals surface area contributed by atoms with Crippen LogP contribution in [0.1, 0.15) is 39.0 Å². The average Bonchev–Trinajstić information content (AvgIpc) is 3.02. The Hall–Kier alpha value is -1.36. The average molecular weight is 280 g/mol. The number of aromatic nitrogens is 2. The van der Waals surface area contributed by atoms with Crippen molar-refractivity contribution in [1.29, 1.82) is 0 Å². The van der Waals surface area contributed by atoms with Crippen molar-refractivity contribution in [1.82, 2.24) is 14.9 Å². The summed E-state index contributed by atoms with van der Waals surface area (Å²) in [5.74, 6) is 1.77. The fourth-order valence-electron chi connectivity index (χ4n) is 2.76. The molecule has 0 atom stereocenters. The van der Waals surface area contributed by atoms with E-state index in [4.69, 9.17) is 11.6 Å². The van der Waals surface area contributed by atoms with E-state index in [1.54, 1.807) is 4.57 Å². The zero-order valence-electron chi connectivity index (χ0n) is 10.9. The molecule has 1 saturated carbocycles. The Morgan fingerprint density at radius 1 is 1.37 bits per heavy atom. The lowest BCUT2D eigenvalue weighted by Gasteiger charge is -2.09. The Kier molecular flexibility index (Phi) is 3.31. The first-order valence-corrected chi connectivity index (χ1v) is 7.19. The number of amidine groups is 1. The van der Waals surface area contributed by atoms with E-state index < -0.39 is 0 Å². The lowest BCUT2D eigenvalue weighted by molar-refractivity contribution is 0.665. The van der Waals surface area contributed by atoms with Gasteiger partial charge in [-0.15, -0.1) is 0 Å². The standard InChI is InChI=1S/C13H16ClN4O/c1-2-7-18-11-9(12(19)17-13(18)14)15-10(16-11)8-5-3-4-6-8/h8H,2-7H2,1H3. The summed E-state index contributed by atoms with van der Waals surface area (Å²) in [5, 5.41) is 4.62. The van der Waals surface area contributed by atoms with Crippen LogP contribution in [0, 0.1) is 5.92 Å². The molecule has 0 bridgehead atoms. The van der Waals surface area contributed by atoms with Crippen molar-refractivity contribution in [2.24, 2.45) is 10.9 Å². The SMILES string of the molecule is CCCn1c(Cl)nc(=O)c2c1N=C(C1CCCC1)[N]2. The third-order valence-electron chi connectivity index (χ3n) is 3.70. The monoisotopic (exact) mass is 279 g/mol. The van der Waals surface area contributed by atoms with Crippen LogP contribution >= 0.6 is 11.6 Å². The smallest absolute Gasteiger partial charge is 0.299 e. The highest BCUT2D eigenvalue weighted by atomic mass is 35.5. The normalized spacial score (nSPS) is 18.3. The highest BCUT2D eigenvalue weighted by Gasteiger charge is 2.30. The Bertz CT molecular complexity index is 587. The summed E-state index contributed by atoms with van der Waals surface area (Å²) in [6.45, 7) is 2.75. The van der Waals surface area contributed by atoms with E-state index in [0.29, 0.717) is 24.0 Å². The molecule has 1 aliphatic carbocycles. The molecule has 0 spiro atoms. The minimum absolute atomic E-state index is 0.206. The molecule has 3 rings (SSSR count). The van der Waals surface area contributed by atoms with Crippen LogP contribution in [0.15, 0.2) is 9.79 Å². The predicted octanol–water partition coefficient (Wildman–Crippen LogP) is 2.78. The van der Waals surface area contributed by atoms with E-state index >= 15 is 0 Å². The summed E-state index contributed by atoms with van der Waals surface area (Å²) in [7, 11) is 0. The number of rotatable bonds is 3. The molecule has 2 aliphatic rings. The molecule has 101 valence electrons. The molecule has 0 unspecified atom stereocenters. The van der Waals surface area contributed by atoms with Crippen molar-refractivity contribution in [3.05, 3.63) is 15.6 Å². The molecule has 0 aromatic carbocycles. The van der Waals surface area contributed by atoms with Gasteiger partial charge in [-0.25, -0.2) is 10.3 Å². The topological polar surface area (TPSA) is 61.4 Å². The first kappa shape index (κ1) is 12.7. The zero-order valence-corrected chi connectivity index (χ0v) is 11.7. The Morgan fingerprint density at radius 3 is 2.79 bits per heavy atom. The van der Waals surface area contributed by atoms with Crippen LogP contribution < -0.4 is 10.9 Å². The van der Waals surface area contributed by atoms with Gasteiger partial charge in [0, 0.05) is 12.5 Å². The summed E-state index contributed by atoms with van der Waals surface area (Å²) in [4.78, 5) is 20.3. The minimum atomic E-state index is -0.371. The number of hydrogen-bond acceptors (Lipinski definition) is 3. The highest BCUT2D eigenvalue weighted by molar-refractivity contribution is 6.28. The first-order valence-electron chi connectivity index (χ1n) is 6.81. The van der Waals surface area contributed by atoms with Crippen LogP contribution in [-0.4, -0.2) is 15.4 Å². The van der Waals surface area contributed by atoms with Gasteiger partial charge in [0.05, 0.1) is 0 Å². The van der Waals surface area contributed by atoms with Gasteiger partial charge in [-0.1, -0.05) is 19.8 Å². The fraction of sp³-hybridized carbons (Fsp3) is 0.615. The number of nitrogens with zero attached hydrogens (tertiary/aromatic N) is 4. The molecule has 0 N–H and O–H groups in total. The number of hydrogen-bond donors (Lipinski definition) is 0. The molecule has 1 fully saturated rings. The number of fused-ring (bicyclic) bond motifs is 1. The molecule has 19 heavy (non-hydrogen) atoms. The van der Waals surface area contributed by atoms with Crippen molar-refractivity contribution in [2.75, 3.05) is 0 Å². The van der Waals surface area contributed by atoms with Gasteiger partial charge >= 0.3 is 5.56 Å². The third-order valence-corrected chi connectivity index (χ3v) is 3.99. The molecule has 6 heteroatoms. The van der Waals surface area contributed by atoms with Gasteiger partial charge in [-0.05, 0) is 30.9 Å². The van der Waals surface area contributed by atoms with Gasteiger partial charge in [-0.2, -0.15) is 4.98 Å². The van der Waals surface area contributed by atoms with Gasteiger partial charge < -0.3 is 0 Å². The lowest BCUT2D eigenvalue weighted by Crippen LogP contribution is -2.21. The fourth-order valence-corrected chi connectivity index (χ4v) is 3.00. The molecule has 5 nitrogen and oxygen atoms in total. The molecule has 1 radical (unpaired) electrons. The quantitative estimate of drug-likeness (QED) is 0.799. The zero-order chi connectivity index (χ0) is 13.4. The van der Waals surface area contributed by atoms with E-state index in [-0.39, 0.29) is 10.8 Å². The molecule has 0 saturated heterocycles. The van der Waals surface area contributed by atoms with E-state index in [0.717, 1.165) is 25.1 Å². The van der Waals surface area contributed by atoms with Crippen LogP contribution in [0.3, 0.4) is 0 Å². The van der Waals surface area contributed by atoms with E-state index in [1.807, 2.05) is 0 Å². The Balaban J connectivity index is 2.03. The van der Waals surface area contributed by atoms with Crippen LogP contribution in [0.5, 0.6) is 0 Å². The Labute approximate surface area is 116 Å². The van der Waals surface area contributed by atoms with Crippen LogP contribution in [0.4, 0.5) is 11.5 Å². The van der Waals surface area contributed by atoms with Crippen molar-refractivity contribution in [3.8, 4) is 0 Å². The maximum absolute atomic E-state index is 11.9. The molecule has 0 amide bonds. The molecular weight excluding hydrogens is 264 g/mol. The van der Waals surface area contributed by atoms with Gasteiger partial charge in [0.2, 0.25) is 5.28 Å². The second kappa shape index (κ2) is 4.96. The van der Waals surface area contributed by atoms with E-state index in [9.17, 15) is 4.79 Å². The Morgan fingerprint density at radius 2 is 2.11 bits per heavy atom. The maximum atomic E-state index is 11.9. The minimum Gasteiger partial charge on any atom is -0.299 e. The molecule has 2 heterocycles. The lowest BCUT2D eigenvalue weighted by atomic mass is 10.1. The summed E-state index contributed by atoms with van der Waals surface area (Å²) >= 11 is 6.04. The maximum Gasteiger partial charge on any atom is 0.302 e. The first-order chi connectivity index (χ1) is 9.20. The predicted molar refractivity (Wildman–Crippen MR) is 74.6 cm³/mol. The summed E-state index contributed by atoms with van der Waals surface area (Å²) in [5.41, 5.74) is -0.0103.